The van der Waals surface area contributed by atoms with Crippen molar-refractivity contribution in [2.45, 2.75) is 32.0 Å². The first-order valence-corrected chi connectivity index (χ1v) is 6.94. The Kier molecular flexibility index (Phi) is 3.53. The molecule has 0 spiro atoms. The van der Waals surface area contributed by atoms with Gasteiger partial charge in [0.15, 0.2) is 0 Å². The topological polar surface area (TPSA) is 41.6 Å². The second-order valence-corrected chi connectivity index (χ2v) is 5.37. The molecule has 2 atom stereocenters. The van der Waals surface area contributed by atoms with Gasteiger partial charge in [-0.2, -0.15) is 0 Å². The van der Waals surface area contributed by atoms with Gasteiger partial charge in [0.1, 0.15) is 0 Å². The van der Waals surface area contributed by atoms with E-state index >= 15 is 0 Å². The minimum Gasteiger partial charge on any atom is -0.375 e. The third-order valence-electron chi connectivity index (χ3n) is 3.93. The van der Waals surface area contributed by atoms with Gasteiger partial charge in [-0.05, 0) is 24.5 Å². The van der Waals surface area contributed by atoms with E-state index in [1.54, 1.807) is 0 Å². The molecule has 1 aromatic carbocycles. The molecule has 0 unspecified atom stereocenters. The van der Waals surface area contributed by atoms with E-state index < -0.39 is 0 Å². The molecule has 4 nitrogen and oxygen atoms in total. The summed E-state index contributed by atoms with van der Waals surface area (Å²) in [5.41, 5.74) is 2.60. The van der Waals surface area contributed by atoms with Crippen LogP contribution in [0.5, 0.6) is 0 Å². The van der Waals surface area contributed by atoms with Gasteiger partial charge in [-0.1, -0.05) is 24.3 Å². The van der Waals surface area contributed by atoms with E-state index in [9.17, 15) is 4.79 Å². The van der Waals surface area contributed by atoms with Crippen molar-refractivity contribution >= 4 is 5.91 Å². The van der Waals surface area contributed by atoms with Crippen molar-refractivity contribution in [1.29, 1.82) is 0 Å². The minimum absolute atomic E-state index is 0.0831. The highest BCUT2D eigenvalue weighted by Crippen LogP contribution is 2.18. The first-order valence-electron chi connectivity index (χ1n) is 6.94. The average molecular weight is 260 g/mol. The number of ether oxygens (including phenoxy) is 1. The summed E-state index contributed by atoms with van der Waals surface area (Å²) in [7, 11) is 0. The van der Waals surface area contributed by atoms with Gasteiger partial charge in [-0.15, -0.1) is 0 Å². The number of fused-ring (bicyclic) bond motifs is 1. The molecule has 0 saturated carbocycles. The van der Waals surface area contributed by atoms with E-state index in [0.29, 0.717) is 19.7 Å². The second-order valence-electron chi connectivity index (χ2n) is 5.37. The zero-order valence-electron chi connectivity index (χ0n) is 11.3. The van der Waals surface area contributed by atoms with Gasteiger partial charge in [0.05, 0.1) is 18.8 Å². The van der Waals surface area contributed by atoms with Gasteiger partial charge < -0.3 is 15.0 Å². The fraction of sp³-hybridized carbons (Fsp3) is 0.533. The Morgan fingerprint density at radius 1 is 1.37 bits per heavy atom. The van der Waals surface area contributed by atoms with E-state index in [-0.39, 0.29) is 18.1 Å². The Bertz CT molecular complexity index is 475. The molecule has 4 heteroatoms. The SMILES string of the molecule is C[C@@H]1CN(C(=O)[C@H]2Cc3ccccc3CN2)CCO1. The Hall–Kier alpha value is -1.39. The van der Waals surface area contributed by atoms with Crippen LogP contribution in [0.2, 0.25) is 0 Å². The molecule has 1 fully saturated rings. The lowest BCUT2D eigenvalue weighted by atomic mass is 9.95. The van der Waals surface area contributed by atoms with Crippen molar-refractivity contribution in [3.63, 3.8) is 0 Å². The van der Waals surface area contributed by atoms with Crippen LogP contribution >= 0.6 is 0 Å². The summed E-state index contributed by atoms with van der Waals surface area (Å²) in [4.78, 5) is 14.4. The van der Waals surface area contributed by atoms with Crippen LogP contribution in [0.3, 0.4) is 0 Å². The Morgan fingerprint density at radius 3 is 2.95 bits per heavy atom. The molecular formula is C15H20N2O2. The molecule has 2 aliphatic rings. The van der Waals surface area contributed by atoms with Gasteiger partial charge >= 0.3 is 0 Å². The summed E-state index contributed by atoms with van der Waals surface area (Å²) in [5.74, 6) is 0.213. The van der Waals surface area contributed by atoms with Crippen LogP contribution in [0.15, 0.2) is 24.3 Å². The molecule has 3 rings (SSSR count). The largest absolute Gasteiger partial charge is 0.375 e. The Morgan fingerprint density at radius 2 is 2.16 bits per heavy atom. The Balaban J connectivity index is 1.69. The van der Waals surface area contributed by atoms with E-state index in [1.165, 1.54) is 11.1 Å². The third kappa shape index (κ3) is 2.65. The maximum absolute atomic E-state index is 12.5. The molecule has 1 amide bonds. The molecule has 19 heavy (non-hydrogen) atoms. The first-order chi connectivity index (χ1) is 9.24. The second kappa shape index (κ2) is 5.31. The van der Waals surface area contributed by atoms with Crippen molar-refractivity contribution in [3.05, 3.63) is 35.4 Å². The lowest BCUT2D eigenvalue weighted by Gasteiger charge is -2.35. The van der Waals surface area contributed by atoms with Gasteiger partial charge in [-0.3, -0.25) is 4.79 Å². The quantitative estimate of drug-likeness (QED) is 0.817. The normalized spacial score (nSPS) is 26.9. The van der Waals surface area contributed by atoms with Gasteiger partial charge in [0.25, 0.3) is 0 Å². The molecule has 1 N–H and O–H groups in total. The minimum atomic E-state index is -0.0831. The number of nitrogens with one attached hydrogen (secondary N) is 1. The van der Waals surface area contributed by atoms with E-state index in [1.807, 2.05) is 24.0 Å². The van der Waals surface area contributed by atoms with Crippen LogP contribution in [0, 0.1) is 0 Å². The predicted octanol–water partition coefficient (Wildman–Crippen LogP) is 0.948. The number of amides is 1. The number of carbonyl (C=O) groups is 1. The Labute approximate surface area is 113 Å². The first kappa shape index (κ1) is 12.6. The molecule has 0 bridgehead atoms. The van der Waals surface area contributed by atoms with Crippen LogP contribution in [0.4, 0.5) is 0 Å². The number of nitrogens with zero attached hydrogens (tertiary/aromatic N) is 1. The third-order valence-corrected chi connectivity index (χ3v) is 3.93. The van der Waals surface area contributed by atoms with Gasteiger partial charge in [-0.25, -0.2) is 0 Å². The number of hydrogen-bond acceptors (Lipinski definition) is 3. The number of hydrogen-bond donors (Lipinski definition) is 1. The lowest BCUT2D eigenvalue weighted by Crippen LogP contribution is -2.53. The van der Waals surface area contributed by atoms with E-state index in [0.717, 1.165) is 13.0 Å². The highest BCUT2D eigenvalue weighted by atomic mass is 16.5. The van der Waals surface area contributed by atoms with Gasteiger partial charge in [0, 0.05) is 19.6 Å². The van der Waals surface area contributed by atoms with Crippen molar-refractivity contribution in [2.24, 2.45) is 0 Å². The fourth-order valence-corrected chi connectivity index (χ4v) is 2.87. The smallest absolute Gasteiger partial charge is 0.240 e. The molecule has 0 radical (unpaired) electrons. The van der Waals surface area contributed by atoms with Crippen molar-refractivity contribution in [2.75, 3.05) is 19.7 Å². The van der Waals surface area contributed by atoms with Crippen molar-refractivity contribution in [3.8, 4) is 0 Å². The molecule has 2 heterocycles. The standard InChI is InChI=1S/C15H20N2O2/c1-11-10-17(6-7-19-11)15(18)14-8-12-4-2-3-5-13(12)9-16-14/h2-5,11,14,16H,6-10H2,1H3/t11-,14-/m1/s1. The zero-order valence-corrected chi connectivity index (χ0v) is 11.3. The molecule has 102 valence electrons. The summed E-state index contributed by atoms with van der Waals surface area (Å²) < 4.78 is 5.49. The molecule has 0 aromatic heterocycles. The maximum Gasteiger partial charge on any atom is 0.240 e. The monoisotopic (exact) mass is 260 g/mol. The van der Waals surface area contributed by atoms with E-state index in [4.69, 9.17) is 4.74 Å². The van der Waals surface area contributed by atoms with Crippen LogP contribution in [0.25, 0.3) is 0 Å². The summed E-state index contributed by atoms with van der Waals surface area (Å²) in [5, 5.41) is 3.36. The maximum atomic E-state index is 12.5. The summed E-state index contributed by atoms with van der Waals surface area (Å²) >= 11 is 0. The zero-order chi connectivity index (χ0) is 13.2. The molecular weight excluding hydrogens is 240 g/mol. The molecule has 1 aromatic rings. The average Bonchev–Trinajstić information content (AvgIpc) is 2.46. The number of morpholine rings is 1. The highest BCUT2D eigenvalue weighted by molar-refractivity contribution is 5.82. The van der Waals surface area contributed by atoms with Crippen LogP contribution < -0.4 is 5.32 Å². The lowest BCUT2D eigenvalue weighted by molar-refractivity contribution is -0.140. The number of carbonyl (C=O) groups excluding carboxylic acids is 1. The molecule has 1 saturated heterocycles. The fourth-order valence-electron chi connectivity index (χ4n) is 2.87. The van der Waals surface area contributed by atoms with Gasteiger partial charge in [0.2, 0.25) is 5.91 Å². The number of benzene rings is 1. The van der Waals surface area contributed by atoms with Crippen LogP contribution in [0.1, 0.15) is 18.1 Å². The predicted molar refractivity (Wildman–Crippen MR) is 72.8 cm³/mol. The van der Waals surface area contributed by atoms with Crippen molar-refractivity contribution in [1.82, 2.24) is 10.2 Å². The summed E-state index contributed by atoms with van der Waals surface area (Å²) in [6.07, 6.45) is 0.939. The van der Waals surface area contributed by atoms with E-state index in [2.05, 4.69) is 17.4 Å². The molecule has 0 aliphatic carbocycles. The van der Waals surface area contributed by atoms with Crippen LogP contribution in [-0.2, 0) is 22.5 Å². The highest BCUT2D eigenvalue weighted by Gasteiger charge is 2.30. The number of rotatable bonds is 1. The summed E-state index contributed by atoms with van der Waals surface area (Å²) in [6, 6.07) is 8.26. The summed E-state index contributed by atoms with van der Waals surface area (Å²) in [6.45, 7) is 4.87. The van der Waals surface area contributed by atoms with Crippen molar-refractivity contribution < 1.29 is 9.53 Å². The van der Waals surface area contributed by atoms with Crippen LogP contribution in [-0.4, -0.2) is 42.6 Å². The molecule has 2 aliphatic heterocycles.